The van der Waals surface area contributed by atoms with E-state index in [1.807, 2.05) is 0 Å². The summed E-state index contributed by atoms with van der Waals surface area (Å²) in [7, 11) is -0.611. The van der Waals surface area contributed by atoms with Crippen LogP contribution in [0.15, 0.2) is 53.0 Å². The van der Waals surface area contributed by atoms with Crippen molar-refractivity contribution in [2.24, 2.45) is 4.52 Å². The lowest BCUT2D eigenvalue weighted by Crippen LogP contribution is -2.04. The second kappa shape index (κ2) is 8.02. The van der Waals surface area contributed by atoms with E-state index < -0.39 is 32.4 Å². The average Bonchev–Trinajstić information content (AvgIpc) is 2.53. The van der Waals surface area contributed by atoms with Crippen LogP contribution in [0, 0.1) is 0 Å². The molecule has 2 rings (SSSR count). The van der Waals surface area contributed by atoms with Crippen molar-refractivity contribution in [3.05, 3.63) is 59.7 Å². The predicted octanol–water partition coefficient (Wildman–Crippen LogP) is 6.74. The van der Waals surface area contributed by atoms with Crippen molar-refractivity contribution >= 4 is 17.6 Å². The van der Waals surface area contributed by atoms with Crippen molar-refractivity contribution in [1.29, 1.82) is 0 Å². The first-order valence-electron chi connectivity index (χ1n) is 6.50. The first kappa shape index (κ1) is 19.5. The van der Waals surface area contributed by atoms with Gasteiger partial charge in [0, 0.05) is 0 Å². The Bertz CT molecular complexity index is 749. The molecule has 0 amide bonds. The summed E-state index contributed by atoms with van der Waals surface area (Å²) in [5.41, 5.74) is -1.71. The van der Waals surface area contributed by atoms with Crippen LogP contribution in [0.3, 0.4) is 0 Å². The summed E-state index contributed by atoms with van der Waals surface area (Å²) < 4.78 is 89.0. The van der Waals surface area contributed by atoms with E-state index in [2.05, 4.69) is 4.52 Å². The number of hydrogen-bond donors (Lipinski definition) is 0. The molecular formula is C14H9F6NO2P2. The number of hydrogen-bond acceptors (Lipinski definition) is 3. The fourth-order valence-electron chi connectivity index (χ4n) is 1.62. The zero-order chi connectivity index (χ0) is 18.5. The zero-order valence-corrected chi connectivity index (χ0v) is 14.0. The van der Waals surface area contributed by atoms with Crippen LogP contribution < -0.4 is 9.05 Å². The van der Waals surface area contributed by atoms with E-state index >= 15 is 0 Å². The van der Waals surface area contributed by atoms with Crippen LogP contribution in [0.25, 0.3) is 0 Å². The van der Waals surface area contributed by atoms with Gasteiger partial charge in [0.1, 0.15) is 11.5 Å². The minimum atomic E-state index is -4.48. The maximum absolute atomic E-state index is 12.5. The summed E-state index contributed by atoms with van der Waals surface area (Å²) in [5, 5.41) is 0. The van der Waals surface area contributed by atoms with Crippen molar-refractivity contribution in [3.8, 4) is 11.5 Å². The molecule has 0 spiro atoms. The number of nitrogens with zero attached hydrogens (tertiary/aromatic N) is 1. The Balaban J connectivity index is 1.89. The molecule has 2 aromatic carbocycles. The standard InChI is InChI=1S/C14H9F6NO2P2/c15-13(16,17)9-3-1-5-11(7-9)22-24-21-25-23-12-6-2-4-10(8-12)14(18,19)20/h1-8,24H. The molecule has 0 heterocycles. The second-order valence-corrected chi connectivity index (χ2v) is 6.05. The van der Waals surface area contributed by atoms with E-state index in [-0.39, 0.29) is 20.1 Å². The van der Waals surface area contributed by atoms with E-state index in [1.54, 1.807) is 0 Å². The van der Waals surface area contributed by atoms with Gasteiger partial charge < -0.3 is 9.05 Å². The van der Waals surface area contributed by atoms with Gasteiger partial charge in [-0.3, -0.25) is 0 Å². The summed E-state index contributed by atoms with van der Waals surface area (Å²) in [6.07, 6.45) is -8.97. The highest BCUT2D eigenvalue weighted by Gasteiger charge is 2.31. The monoisotopic (exact) mass is 399 g/mol. The first-order valence-corrected chi connectivity index (χ1v) is 8.12. The third-order valence-corrected chi connectivity index (χ3v) is 3.99. The summed E-state index contributed by atoms with van der Waals surface area (Å²) in [6.45, 7) is 0. The Morgan fingerprint density at radius 3 is 1.88 bits per heavy atom. The number of rotatable bonds is 5. The molecule has 1 unspecified atom stereocenters. The van der Waals surface area contributed by atoms with E-state index in [9.17, 15) is 26.3 Å². The van der Waals surface area contributed by atoms with Gasteiger partial charge in [0.2, 0.25) is 17.6 Å². The molecule has 0 N–H and O–H groups in total. The summed E-state index contributed by atoms with van der Waals surface area (Å²) in [5.74, 6) is -0.0599. The van der Waals surface area contributed by atoms with Crippen molar-refractivity contribution in [2.75, 3.05) is 0 Å². The van der Waals surface area contributed by atoms with Crippen LogP contribution in [-0.2, 0) is 12.4 Å². The van der Waals surface area contributed by atoms with Gasteiger partial charge in [0.25, 0.3) is 0 Å². The minimum absolute atomic E-state index is 0.0221. The lowest BCUT2D eigenvalue weighted by Gasteiger charge is -2.08. The lowest BCUT2D eigenvalue weighted by atomic mass is 10.2. The van der Waals surface area contributed by atoms with Gasteiger partial charge in [0.05, 0.1) is 11.1 Å². The Morgan fingerprint density at radius 2 is 1.32 bits per heavy atom. The molecule has 0 aromatic heterocycles. The maximum Gasteiger partial charge on any atom is 0.416 e. The second-order valence-electron chi connectivity index (χ2n) is 4.52. The van der Waals surface area contributed by atoms with Gasteiger partial charge in [-0.1, -0.05) is 12.1 Å². The third-order valence-electron chi connectivity index (χ3n) is 2.71. The molecule has 1 atom stereocenters. The predicted molar refractivity (Wildman–Crippen MR) is 81.8 cm³/mol. The van der Waals surface area contributed by atoms with Gasteiger partial charge in [-0.05, 0) is 36.4 Å². The highest BCUT2D eigenvalue weighted by molar-refractivity contribution is 7.39. The Morgan fingerprint density at radius 1 is 0.800 bits per heavy atom. The van der Waals surface area contributed by atoms with E-state index in [0.717, 1.165) is 24.3 Å². The van der Waals surface area contributed by atoms with E-state index in [0.29, 0.717) is 0 Å². The zero-order valence-electron chi connectivity index (χ0n) is 12.1. The van der Waals surface area contributed by atoms with Gasteiger partial charge in [-0.15, -0.1) is 0 Å². The summed E-state index contributed by atoms with van der Waals surface area (Å²) in [6, 6.07) is 8.50. The quantitative estimate of drug-likeness (QED) is 0.412. The number of alkyl halides is 6. The molecular weight excluding hydrogens is 390 g/mol. The molecule has 0 aliphatic rings. The molecule has 0 radical (unpaired) electrons. The molecule has 0 saturated heterocycles. The average molecular weight is 399 g/mol. The van der Waals surface area contributed by atoms with Gasteiger partial charge in [-0.25, -0.2) is 0 Å². The molecule has 0 saturated carbocycles. The maximum atomic E-state index is 12.5. The Hall–Kier alpha value is -1.85. The highest BCUT2D eigenvalue weighted by Crippen LogP contribution is 2.34. The molecule has 0 aliphatic carbocycles. The fourth-order valence-corrected chi connectivity index (χ4v) is 2.52. The largest absolute Gasteiger partial charge is 0.454 e. The van der Waals surface area contributed by atoms with Crippen molar-refractivity contribution < 1.29 is 35.4 Å². The van der Waals surface area contributed by atoms with Crippen molar-refractivity contribution in [1.82, 2.24) is 0 Å². The molecule has 11 heteroatoms. The van der Waals surface area contributed by atoms with Gasteiger partial charge >= 0.3 is 12.4 Å². The smallest absolute Gasteiger partial charge is 0.416 e. The first-order chi connectivity index (χ1) is 11.7. The molecule has 0 bridgehead atoms. The SMILES string of the molecule is FC(F)(F)c1cccc(OP=NPOc2cccc(C(F)(F)F)c2)c1. The molecule has 0 fully saturated rings. The highest BCUT2D eigenvalue weighted by atomic mass is 31.1. The van der Waals surface area contributed by atoms with Crippen LogP contribution in [0.2, 0.25) is 0 Å². The van der Waals surface area contributed by atoms with E-state index in [1.165, 1.54) is 24.3 Å². The normalized spacial score (nSPS) is 12.9. The molecule has 2 aromatic rings. The van der Waals surface area contributed by atoms with Crippen LogP contribution in [0.4, 0.5) is 26.3 Å². The van der Waals surface area contributed by atoms with Crippen LogP contribution in [0.5, 0.6) is 11.5 Å². The Kier molecular flexibility index (Phi) is 6.25. The number of benzene rings is 2. The van der Waals surface area contributed by atoms with Crippen molar-refractivity contribution in [2.45, 2.75) is 12.4 Å². The van der Waals surface area contributed by atoms with Gasteiger partial charge in [-0.2, -0.15) is 30.9 Å². The summed E-state index contributed by atoms with van der Waals surface area (Å²) >= 11 is 0. The van der Waals surface area contributed by atoms with Crippen LogP contribution in [-0.4, -0.2) is 0 Å². The Labute approximate surface area is 141 Å². The molecule has 134 valence electrons. The number of halogens is 6. The van der Waals surface area contributed by atoms with Crippen molar-refractivity contribution in [3.63, 3.8) is 0 Å². The molecule has 3 nitrogen and oxygen atoms in total. The lowest BCUT2D eigenvalue weighted by molar-refractivity contribution is -0.138. The van der Waals surface area contributed by atoms with Gasteiger partial charge in [0.15, 0.2) is 0 Å². The van der Waals surface area contributed by atoms with Crippen LogP contribution in [0.1, 0.15) is 11.1 Å². The minimum Gasteiger partial charge on any atom is -0.454 e. The molecule has 0 aliphatic heterocycles. The van der Waals surface area contributed by atoms with Crippen LogP contribution >= 0.6 is 17.6 Å². The fraction of sp³-hybridized carbons (Fsp3) is 0.143. The topological polar surface area (TPSA) is 30.8 Å². The molecule has 25 heavy (non-hydrogen) atoms. The van der Waals surface area contributed by atoms with E-state index in [4.69, 9.17) is 9.05 Å². The third kappa shape index (κ3) is 6.18. The summed E-state index contributed by atoms with van der Waals surface area (Å²) in [4.78, 5) is 0.